The molecule has 0 spiro atoms. The number of benzene rings is 2. The SMILES string of the molecule is CCc1ccc(NC(=O)c2ccc(OC)c(S(=O)(=O)NC3CCCCC3)c2)cc1. The predicted octanol–water partition coefficient (Wildman–Crippen LogP) is 4.12. The second-order valence-electron chi connectivity index (χ2n) is 7.33. The van der Waals surface area contributed by atoms with E-state index >= 15 is 0 Å². The van der Waals surface area contributed by atoms with Crippen LogP contribution in [0.1, 0.15) is 54.9 Å². The summed E-state index contributed by atoms with van der Waals surface area (Å²) in [5.74, 6) is -0.150. The van der Waals surface area contributed by atoms with Crippen LogP contribution in [0, 0.1) is 0 Å². The molecule has 6 nitrogen and oxygen atoms in total. The second-order valence-corrected chi connectivity index (χ2v) is 9.01. The Labute approximate surface area is 172 Å². The van der Waals surface area contributed by atoms with Gasteiger partial charge in [-0.1, -0.05) is 38.3 Å². The molecule has 0 heterocycles. The average Bonchev–Trinajstić information content (AvgIpc) is 2.74. The van der Waals surface area contributed by atoms with E-state index in [1.54, 1.807) is 6.07 Å². The number of hydrogen-bond donors (Lipinski definition) is 2. The maximum Gasteiger partial charge on any atom is 0.255 e. The topological polar surface area (TPSA) is 84.5 Å². The predicted molar refractivity (Wildman–Crippen MR) is 114 cm³/mol. The van der Waals surface area contributed by atoms with Crippen LogP contribution in [0.5, 0.6) is 5.75 Å². The molecule has 1 amide bonds. The molecule has 1 fully saturated rings. The van der Waals surface area contributed by atoms with Crippen molar-refractivity contribution in [3.05, 3.63) is 53.6 Å². The second kappa shape index (κ2) is 9.41. The summed E-state index contributed by atoms with van der Waals surface area (Å²) in [6.45, 7) is 2.06. The van der Waals surface area contributed by atoms with Crippen molar-refractivity contribution < 1.29 is 17.9 Å². The van der Waals surface area contributed by atoms with Gasteiger partial charge in [-0.3, -0.25) is 4.79 Å². The third kappa shape index (κ3) is 5.36. The van der Waals surface area contributed by atoms with E-state index in [-0.39, 0.29) is 28.2 Å². The van der Waals surface area contributed by atoms with Crippen LogP contribution in [0.15, 0.2) is 47.4 Å². The molecule has 29 heavy (non-hydrogen) atoms. The lowest BCUT2D eigenvalue weighted by atomic mass is 9.96. The molecule has 2 N–H and O–H groups in total. The average molecular weight is 417 g/mol. The summed E-state index contributed by atoms with van der Waals surface area (Å²) in [6, 6.07) is 12.0. The fraction of sp³-hybridized carbons (Fsp3) is 0.409. The molecule has 7 heteroatoms. The Kier molecular flexibility index (Phi) is 6.92. The fourth-order valence-corrected chi connectivity index (χ4v) is 5.06. The van der Waals surface area contributed by atoms with Crippen molar-refractivity contribution >= 4 is 21.6 Å². The van der Waals surface area contributed by atoms with Gasteiger partial charge >= 0.3 is 0 Å². The van der Waals surface area contributed by atoms with Crippen LogP contribution in [-0.4, -0.2) is 27.5 Å². The summed E-state index contributed by atoms with van der Waals surface area (Å²) >= 11 is 0. The molecule has 0 atom stereocenters. The molecule has 0 saturated heterocycles. The highest BCUT2D eigenvalue weighted by molar-refractivity contribution is 7.89. The molecule has 1 aliphatic rings. The molecular weight excluding hydrogens is 388 g/mol. The monoisotopic (exact) mass is 416 g/mol. The summed E-state index contributed by atoms with van der Waals surface area (Å²) in [5, 5.41) is 2.81. The maximum absolute atomic E-state index is 13.0. The minimum atomic E-state index is -3.80. The Morgan fingerprint density at radius 2 is 1.76 bits per heavy atom. The Hall–Kier alpha value is -2.38. The van der Waals surface area contributed by atoms with E-state index in [0.29, 0.717) is 5.69 Å². The fourth-order valence-electron chi connectivity index (χ4n) is 3.56. The van der Waals surface area contributed by atoms with E-state index in [9.17, 15) is 13.2 Å². The Morgan fingerprint density at radius 3 is 2.38 bits per heavy atom. The van der Waals surface area contributed by atoms with Crippen LogP contribution in [0.4, 0.5) is 5.69 Å². The van der Waals surface area contributed by atoms with Gasteiger partial charge in [-0.05, 0) is 55.2 Å². The number of nitrogens with one attached hydrogen (secondary N) is 2. The lowest BCUT2D eigenvalue weighted by molar-refractivity contribution is 0.102. The third-order valence-electron chi connectivity index (χ3n) is 5.26. The van der Waals surface area contributed by atoms with E-state index in [1.165, 1.54) is 24.8 Å². The number of methoxy groups -OCH3 is 1. The highest BCUT2D eigenvalue weighted by Gasteiger charge is 2.26. The van der Waals surface area contributed by atoms with Crippen molar-refractivity contribution in [2.75, 3.05) is 12.4 Å². The van der Waals surface area contributed by atoms with Crippen molar-refractivity contribution in [1.29, 1.82) is 0 Å². The van der Waals surface area contributed by atoms with Gasteiger partial charge in [-0.2, -0.15) is 0 Å². The number of aryl methyl sites for hydroxylation is 1. The molecule has 0 unspecified atom stereocenters. The minimum absolute atomic E-state index is 0.0143. The molecular formula is C22H28N2O4S. The first kappa shape index (κ1) is 21.3. The summed E-state index contributed by atoms with van der Waals surface area (Å²) in [6.07, 6.45) is 5.75. The number of sulfonamides is 1. The normalized spacial score (nSPS) is 15.1. The van der Waals surface area contributed by atoms with E-state index < -0.39 is 10.0 Å². The number of carbonyl (C=O) groups is 1. The molecule has 0 radical (unpaired) electrons. The van der Waals surface area contributed by atoms with Gasteiger partial charge in [0, 0.05) is 17.3 Å². The van der Waals surface area contributed by atoms with Gasteiger partial charge in [0.2, 0.25) is 10.0 Å². The zero-order valence-corrected chi connectivity index (χ0v) is 17.7. The molecule has 3 rings (SSSR count). The van der Waals surface area contributed by atoms with Gasteiger partial charge in [0.15, 0.2) is 0 Å². The Bertz CT molecular complexity index is 949. The van der Waals surface area contributed by atoms with Crippen molar-refractivity contribution in [1.82, 2.24) is 4.72 Å². The molecule has 1 aliphatic carbocycles. The van der Waals surface area contributed by atoms with Gasteiger partial charge in [-0.15, -0.1) is 0 Å². The Balaban J connectivity index is 1.82. The largest absolute Gasteiger partial charge is 0.495 e. The molecule has 2 aromatic rings. The molecule has 0 aliphatic heterocycles. The lowest BCUT2D eigenvalue weighted by Crippen LogP contribution is -2.36. The smallest absolute Gasteiger partial charge is 0.255 e. The summed E-state index contributed by atoms with van der Waals surface area (Å²) in [4.78, 5) is 12.7. The van der Waals surface area contributed by atoms with E-state index in [0.717, 1.165) is 38.5 Å². The van der Waals surface area contributed by atoms with E-state index in [1.807, 2.05) is 24.3 Å². The van der Waals surface area contributed by atoms with Crippen LogP contribution in [0.3, 0.4) is 0 Å². The summed E-state index contributed by atoms with van der Waals surface area (Å²) in [5.41, 5.74) is 2.09. The van der Waals surface area contributed by atoms with Crippen LogP contribution in [-0.2, 0) is 16.4 Å². The van der Waals surface area contributed by atoms with Crippen molar-refractivity contribution in [2.45, 2.75) is 56.4 Å². The number of anilines is 1. The summed E-state index contributed by atoms with van der Waals surface area (Å²) < 4.78 is 33.9. The summed E-state index contributed by atoms with van der Waals surface area (Å²) in [7, 11) is -2.37. The molecule has 0 bridgehead atoms. The van der Waals surface area contributed by atoms with E-state index in [2.05, 4.69) is 17.0 Å². The maximum atomic E-state index is 13.0. The number of amides is 1. The number of rotatable bonds is 7. The van der Waals surface area contributed by atoms with E-state index in [4.69, 9.17) is 4.74 Å². The van der Waals surface area contributed by atoms with Gasteiger partial charge in [0.05, 0.1) is 7.11 Å². The number of ether oxygens (including phenoxy) is 1. The zero-order chi connectivity index (χ0) is 20.9. The standard InChI is InChI=1S/C22H28N2O4S/c1-3-16-9-12-18(13-10-16)23-22(25)17-11-14-20(28-2)21(15-17)29(26,27)24-19-7-5-4-6-8-19/h9-15,19,24H,3-8H2,1-2H3,(H,23,25). The van der Waals surface area contributed by atoms with Gasteiger partial charge in [0.1, 0.15) is 10.6 Å². The van der Waals surface area contributed by atoms with Gasteiger partial charge in [0.25, 0.3) is 5.91 Å². The van der Waals surface area contributed by atoms with Crippen LogP contribution in [0.25, 0.3) is 0 Å². The number of hydrogen-bond acceptors (Lipinski definition) is 4. The van der Waals surface area contributed by atoms with Crippen molar-refractivity contribution in [2.24, 2.45) is 0 Å². The Morgan fingerprint density at radius 1 is 1.07 bits per heavy atom. The first-order chi connectivity index (χ1) is 13.9. The lowest BCUT2D eigenvalue weighted by Gasteiger charge is -2.23. The molecule has 2 aromatic carbocycles. The highest BCUT2D eigenvalue weighted by Crippen LogP contribution is 2.27. The molecule has 0 aromatic heterocycles. The van der Waals surface area contributed by atoms with Crippen LogP contribution in [0.2, 0.25) is 0 Å². The van der Waals surface area contributed by atoms with Crippen molar-refractivity contribution in [3.8, 4) is 5.75 Å². The first-order valence-electron chi connectivity index (χ1n) is 10.0. The van der Waals surface area contributed by atoms with Crippen LogP contribution >= 0.6 is 0 Å². The van der Waals surface area contributed by atoms with Gasteiger partial charge < -0.3 is 10.1 Å². The third-order valence-corrected chi connectivity index (χ3v) is 6.80. The molecule has 156 valence electrons. The quantitative estimate of drug-likeness (QED) is 0.711. The van der Waals surface area contributed by atoms with Crippen LogP contribution < -0.4 is 14.8 Å². The minimum Gasteiger partial charge on any atom is -0.495 e. The van der Waals surface area contributed by atoms with Gasteiger partial charge in [-0.25, -0.2) is 13.1 Å². The first-order valence-corrected chi connectivity index (χ1v) is 11.5. The highest BCUT2D eigenvalue weighted by atomic mass is 32.2. The molecule has 1 saturated carbocycles. The van der Waals surface area contributed by atoms with Crippen molar-refractivity contribution in [3.63, 3.8) is 0 Å². The zero-order valence-electron chi connectivity index (χ0n) is 16.9. The number of carbonyl (C=O) groups excluding carboxylic acids is 1.